The molecular formula is C15H24F2N4. The number of nitrogens with zero attached hydrogens (tertiary/aromatic N) is 2. The Morgan fingerprint density at radius 2 is 2.05 bits per heavy atom. The zero-order valence-corrected chi connectivity index (χ0v) is 12.9. The quantitative estimate of drug-likeness (QED) is 0.877. The van der Waals surface area contributed by atoms with Gasteiger partial charge in [0.25, 0.3) is 0 Å². The number of aromatic nitrogens is 1. The van der Waals surface area contributed by atoms with E-state index in [1.165, 1.54) is 0 Å². The molecular weight excluding hydrogens is 274 g/mol. The van der Waals surface area contributed by atoms with Crippen molar-refractivity contribution in [2.75, 3.05) is 37.3 Å². The number of pyridine rings is 1. The van der Waals surface area contributed by atoms with Crippen molar-refractivity contribution in [1.29, 1.82) is 0 Å². The van der Waals surface area contributed by atoms with E-state index in [0.717, 1.165) is 32.0 Å². The average molecular weight is 298 g/mol. The third-order valence-electron chi connectivity index (χ3n) is 3.90. The fourth-order valence-electron chi connectivity index (χ4n) is 2.68. The van der Waals surface area contributed by atoms with Crippen LogP contribution >= 0.6 is 0 Å². The molecule has 21 heavy (non-hydrogen) atoms. The monoisotopic (exact) mass is 298 g/mol. The highest BCUT2D eigenvalue weighted by Gasteiger charge is 2.25. The predicted octanol–water partition coefficient (Wildman–Crippen LogP) is 2.93. The first-order valence-corrected chi connectivity index (χ1v) is 7.56. The molecule has 0 radical (unpaired) electrons. The summed E-state index contributed by atoms with van der Waals surface area (Å²) in [7, 11) is 2.08. The van der Waals surface area contributed by atoms with Gasteiger partial charge in [-0.3, -0.25) is 0 Å². The van der Waals surface area contributed by atoms with Crippen LogP contribution in [0.25, 0.3) is 0 Å². The van der Waals surface area contributed by atoms with Crippen molar-refractivity contribution < 1.29 is 8.78 Å². The Morgan fingerprint density at radius 1 is 1.33 bits per heavy atom. The Morgan fingerprint density at radius 3 is 2.71 bits per heavy atom. The van der Waals surface area contributed by atoms with Crippen molar-refractivity contribution in [3.05, 3.63) is 17.7 Å². The van der Waals surface area contributed by atoms with Crippen LogP contribution in [0.5, 0.6) is 0 Å². The van der Waals surface area contributed by atoms with Gasteiger partial charge in [-0.2, -0.15) is 0 Å². The number of hydrogen-bond acceptors (Lipinski definition) is 4. The third-order valence-corrected chi connectivity index (χ3v) is 3.90. The number of halogens is 2. The van der Waals surface area contributed by atoms with Gasteiger partial charge in [-0.15, -0.1) is 0 Å². The fourth-order valence-corrected chi connectivity index (χ4v) is 2.68. The van der Waals surface area contributed by atoms with E-state index in [1.54, 1.807) is 0 Å². The van der Waals surface area contributed by atoms with E-state index in [4.69, 9.17) is 0 Å². The first-order valence-electron chi connectivity index (χ1n) is 7.56. The van der Waals surface area contributed by atoms with Crippen LogP contribution in [0.4, 0.5) is 20.4 Å². The molecule has 1 aromatic rings. The largest absolute Gasteiger partial charge is 0.368 e. The molecule has 0 spiro atoms. The van der Waals surface area contributed by atoms with Gasteiger partial charge in [0.1, 0.15) is 0 Å². The second kappa shape index (κ2) is 7.02. The molecule has 4 nitrogen and oxygen atoms in total. The highest BCUT2D eigenvalue weighted by Crippen LogP contribution is 2.24. The van der Waals surface area contributed by atoms with E-state index >= 15 is 0 Å². The smallest absolute Gasteiger partial charge is 0.168 e. The molecule has 2 heterocycles. The summed E-state index contributed by atoms with van der Waals surface area (Å²) in [6.45, 7) is 6.64. The molecule has 2 N–H and O–H groups in total. The summed E-state index contributed by atoms with van der Waals surface area (Å²) < 4.78 is 27.6. The number of piperidine rings is 1. The van der Waals surface area contributed by atoms with Gasteiger partial charge in [0.2, 0.25) is 0 Å². The van der Waals surface area contributed by atoms with Gasteiger partial charge in [0.15, 0.2) is 23.3 Å². The van der Waals surface area contributed by atoms with E-state index in [-0.39, 0.29) is 17.7 Å². The summed E-state index contributed by atoms with van der Waals surface area (Å²) in [4.78, 5) is 6.33. The van der Waals surface area contributed by atoms with Crippen LogP contribution in [0, 0.1) is 17.6 Å². The molecule has 1 aromatic heterocycles. The lowest BCUT2D eigenvalue weighted by Crippen LogP contribution is -2.43. The van der Waals surface area contributed by atoms with Gasteiger partial charge in [-0.25, -0.2) is 13.8 Å². The van der Waals surface area contributed by atoms with Crippen molar-refractivity contribution in [2.24, 2.45) is 5.92 Å². The molecule has 0 saturated carbocycles. The van der Waals surface area contributed by atoms with Crippen LogP contribution in [0.2, 0.25) is 0 Å². The van der Waals surface area contributed by atoms with Gasteiger partial charge in [-0.05, 0) is 32.4 Å². The first-order chi connectivity index (χ1) is 10.0. The number of anilines is 2. The zero-order chi connectivity index (χ0) is 15.4. The lowest BCUT2D eigenvalue weighted by molar-refractivity contribution is 0.205. The molecule has 0 amide bonds. The molecule has 118 valence electrons. The van der Waals surface area contributed by atoms with E-state index in [1.807, 2.05) is 6.92 Å². The fraction of sp³-hybridized carbons (Fsp3) is 0.667. The lowest BCUT2D eigenvalue weighted by Gasteiger charge is -2.35. The molecule has 2 atom stereocenters. The summed E-state index contributed by atoms with van der Waals surface area (Å²) in [6, 6.07) is 1.06. The molecule has 1 saturated heterocycles. The summed E-state index contributed by atoms with van der Waals surface area (Å²) in [6.07, 6.45) is 1.78. The Kier molecular flexibility index (Phi) is 5.33. The molecule has 6 heteroatoms. The van der Waals surface area contributed by atoms with Gasteiger partial charge >= 0.3 is 0 Å². The SMILES string of the molecule is CCCNc1nc(NC2CCN(C)CC2C)c(F)cc1F. The summed E-state index contributed by atoms with van der Waals surface area (Å²) in [5, 5.41) is 6.03. The van der Waals surface area contributed by atoms with Gasteiger partial charge in [-0.1, -0.05) is 13.8 Å². The molecule has 0 aromatic carbocycles. The Hall–Kier alpha value is -1.43. The topological polar surface area (TPSA) is 40.2 Å². The van der Waals surface area contributed by atoms with Gasteiger partial charge in [0, 0.05) is 25.2 Å². The molecule has 1 aliphatic heterocycles. The maximum Gasteiger partial charge on any atom is 0.168 e. The van der Waals surface area contributed by atoms with E-state index in [0.29, 0.717) is 12.5 Å². The van der Waals surface area contributed by atoms with Crippen molar-refractivity contribution >= 4 is 11.6 Å². The minimum atomic E-state index is -0.650. The molecule has 1 aliphatic rings. The van der Waals surface area contributed by atoms with Crippen molar-refractivity contribution in [3.8, 4) is 0 Å². The standard InChI is InChI=1S/C15H24F2N4/c1-4-6-18-14-11(16)8-12(17)15(20-14)19-13-5-7-21(3)9-10(13)2/h8,10,13H,4-7,9H2,1-3H3,(H2,18,19,20). The first kappa shape index (κ1) is 15.9. The number of nitrogens with one attached hydrogen (secondary N) is 2. The molecule has 0 aliphatic carbocycles. The second-order valence-electron chi connectivity index (χ2n) is 5.86. The van der Waals surface area contributed by atoms with Crippen LogP contribution in [0.15, 0.2) is 6.07 Å². The molecule has 2 unspecified atom stereocenters. The number of hydrogen-bond donors (Lipinski definition) is 2. The van der Waals surface area contributed by atoms with E-state index in [2.05, 4.69) is 34.5 Å². The Labute approximate surface area is 124 Å². The molecule has 1 fully saturated rings. The van der Waals surface area contributed by atoms with Crippen LogP contribution in [-0.4, -0.2) is 42.6 Å². The maximum atomic E-state index is 13.9. The van der Waals surface area contributed by atoms with Crippen LogP contribution < -0.4 is 10.6 Å². The maximum absolute atomic E-state index is 13.9. The Bertz CT molecular complexity index is 481. The predicted molar refractivity (Wildman–Crippen MR) is 81.6 cm³/mol. The van der Waals surface area contributed by atoms with E-state index < -0.39 is 11.6 Å². The lowest BCUT2D eigenvalue weighted by atomic mass is 9.94. The molecule has 2 rings (SSSR count). The zero-order valence-electron chi connectivity index (χ0n) is 12.9. The van der Waals surface area contributed by atoms with E-state index in [9.17, 15) is 8.78 Å². The summed E-state index contributed by atoms with van der Waals surface area (Å²) in [5.74, 6) is -0.650. The molecule has 0 bridgehead atoms. The average Bonchev–Trinajstić information content (AvgIpc) is 2.43. The normalized spacial score (nSPS) is 23.1. The van der Waals surface area contributed by atoms with Gasteiger partial charge in [0.05, 0.1) is 0 Å². The number of likely N-dealkylation sites (tertiary alicyclic amines) is 1. The third kappa shape index (κ3) is 4.03. The summed E-state index contributed by atoms with van der Waals surface area (Å²) in [5.41, 5.74) is 0. The Balaban J connectivity index is 2.11. The minimum absolute atomic E-state index is 0.112. The summed E-state index contributed by atoms with van der Waals surface area (Å²) >= 11 is 0. The van der Waals surface area contributed by atoms with Crippen molar-refractivity contribution in [1.82, 2.24) is 9.88 Å². The van der Waals surface area contributed by atoms with Crippen LogP contribution in [-0.2, 0) is 0 Å². The van der Waals surface area contributed by atoms with Crippen molar-refractivity contribution in [2.45, 2.75) is 32.7 Å². The minimum Gasteiger partial charge on any atom is -0.368 e. The van der Waals surface area contributed by atoms with Gasteiger partial charge < -0.3 is 15.5 Å². The second-order valence-corrected chi connectivity index (χ2v) is 5.86. The highest BCUT2D eigenvalue weighted by atomic mass is 19.1. The highest BCUT2D eigenvalue weighted by molar-refractivity contribution is 5.48. The number of rotatable bonds is 5. The van der Waals surface area contributed by atoms with Crippen LogP contribution in [0.1, 0.15) is 26.7 Å². The van der Waals surface area contributed by atoms with Crippen LogP contribution in [0.3, 0.4) is 0 Å². The van der Waals surface area contributed by atoms with Crippen molar-refractivity contribution in [3.63, 3.8) is 0 Å².